The van der Waals surface area contributed by atoms with E-state index in [2.05, 4.69) is 15.5 Å². The zero-order chi connectivity index (χ0) is 15.6. The number of benzene rings is 2. The highest BCUT2D eigenvalue weighted by molar-refractivity contribution is 6.06. The molecule has 1 amide bonds. The van der Waals surface area contributed by atoms with Gasteiger partial charge >= 0.3 is 0 Å². The molecule has 1 N–H and O–H groups in total. The maximum atomic E-state index is 12.5. The summed E-state index contributed by atoms with van der Waals surface area (Å²) in [6.45, 7) is 0.327. The third kappa shape index (κ3) is 2.42. The molecular formula is C18H14N4O. The lowest BCUT2D eigenvalue weighted by atomic mass is 10.0. The highest BCUT2D eigenvalue weighted by Crippen LogP contribution is 2.18. The number of fused-ring (bicyclic) bond motifs is 2. The van der Waals surface area contributed by atoms with E-state index in [1.807, 2.05) is 71.3 Å². The average Bonchev–Trinajstić information content (AvgIpc) is 3.02. The van der Waals surface area contributed by atoms with Crippen molar-refractivity contribution < 1.29 is 4.79 Å². The second-order valence-electron chi connectivity index (χ2n) is 5.25. The fourth-order valence-electron chi connectivity index (χ4n) is 2.69. The Morgan fingerprint density at radius 2 is 1.78 bits per heavy atom. The van der Waals surface area contributed by atoms with E-state index in [1.165, 1.54) is 0 Å². The number of pyridine rings is 1. The molecule has 0 bridgehead atoms. The van der Waals surface area contributed by atoms with Crippen molar-refractivity contribution in [3.8, 4) is 0 Å². The number of hydrogen-bond acceptors (Lipinski definition) is 3. The predicted molar refractivity (Wildman–Crippen MR) is 88.1 cm³/mol. The Morgan fingerprint density at radius 3 is 2.74 bits per heavy atom. The van der Waals surface area contributed by atoms with Crippen molar-refractivity contribution >= 4 is 22.3 Å². The van der Waals surface area contributed by atoms with Crippen molar-refractivity contribution in [2.24, 2.45) is 0 Å². The van der Waals surface area contributed by atoms with Crippen LogP contribution in [-0.2, 0) is 6.54 Å². The SMILES string of the molecule is O=C(NCc1nnc2ccccn12)c1cccc2ccccc12. The van der Waals surface area contributed by atoms with Gasteiger partial charge in [-0.05, 0) is 29.0 Å². The smallest absolute Gasteiger partial charge is 0.252 e. The van der Waals surface area contributed by atoms with Crippen molar-refractivity contribution in [3.05, 3.63) is 78.2 Å². The van der Waals surface area contributed by atoms with Gasteiger partial charge in [-0.2, -0.15) is 0 Å². The summed E-state index contributed by atoms with van der Waals surface area (Å²) in [5.74, 6) is 0.587. The van der Waals surface area contributed by atoms with Crippen LogP contribution in [0.3, 0.4) is 0 Å². The van der Waals surface area contributed by atoms with Gasteiger partial charge in [0.1, 0.15) is 0 Å². The Balaban J connectivity index is 1.60. The van der Waals surface area contributed by atoms with Crippen LogP contribution in [0.15, 0.2) is 66.9 Å². The van der Waals surface area contributed by atoms with E-state index in [9.17, 15) is 4.79 Å². The first-order chi connectivity index (χ1) is 11.3. The van der Waals surface area contributed by atoms with Gasteiger partial charge in [0.05, 0.1) is 6.54 Å². The van der Waals surface area contributed by atoms with Gasteiger partial charge < -0.3 is 5.32 Å². The number of rotatable bonds is 3. The Hall–Kier alpha value is -3.21. The molecule has 23 heavy (non-hydrogen) atoms. The van der Waals surface area contributed by atoms with Crippen LogP contribution in [-0.4, -0.2) is 20.5 Å². The van der Waals surface area contributed by atoms with Crippen LogP contribution in [0.5, 0.6) is 0 Å². The van der Waals surface area contributed by atoms with Crippen molar-refractivity contribution in [2.45, 2.75) is 6.54 Å². The third-order valence-electron chi connectivity index (χ3n) is 3.83. The van der Waals surface area contributed by atoms with E-state index in [0.717, 1.165) is 16.4 Å². The van der Waals surface area contributed by atoms with Crippen LogP contribution in [0.4, 0.5) is 0 Å². The summed E-state index contributed by atoms with van der Waals surface area (Å²) in [5.41, 5.74) is 1.43. The Kier molecular flexibility index (Phi) is 3.24. The van der Waals surface area contributed by atoms with Gasteiger partial charge in [-0.1, -0.05) is 42.5 Å². The van der Waals surface area contributed by atoms with E-state index in [-0.39, 0.29) is 5.91 Å². The van der Waals surface area contributed by atoms with Gasteiger partial charge in [-0.3, -0.25) is 9.20 Å². The molecule has 0 spiro atoms. The third-order valence-corrected chi connectivity index (χ3v) is 3.83. The molecule has 0 unspecified atom stereocenters. The number of carbonyl (C=O) groups is 1. The average molecular weight is 302 g/mol. The maximum Gasteiger partial charge on any atom is 0.252 e. The molecule has 0 atom stereocenters. The van der Waals surface area contributed by atoms with Crippen LogP contribution >= 0.6 is 0 Å². The summed E-state index contributed by atoms with van der Waals surface area (Å²) in [7, 11) is 0. The number of carbonyl (C=O) groups excluding carboxylic acids is 1. The summed E-state index contributed by atoms with van der Waals surface area (Å²) in [4.78, 5) is 12.5. The number of hydrogen-bond donors (Lipinski definition) is 1. The van der Waals surface area contributed by atoms with Crippen LogP contribution in [0, 0.1) is 0 Å². The minimum atomic E-state index is -0.116. The lowest BCUT2D eigenvalue weighted by Gasteiger charge is -2.07. The van der Waals surface area contributed by atoms with Gasteiger partial charge in [-0.15, -0.1) is 10.2 Å². The minimum absolute atomic E-state index is 0.116. The Morgan fingerprint density at radius 1 is 0.957 bits per heavy atom. The standard InChI is InChI=1S/C18H14N4O/c23-18(15-9-5-7-13-6-1-2-8-14(13)15)19-12-17-21-20-16-10-3-4-11-22(16)17/h1-11H,12H2,(H,19,23). The lowest BCUT2D eigenvalue weighted by Crippen LogP contribution is -2.24. The topological polar surface area (TPSA) is 59.3 Å². The second kappa shape index (κ2) is 5.53. The number of amides is 1. The quantitative estimate of drug-likeness (QED) is 0.633. The van der Waals surface area contributed by atoms with Crippen LogP contribution in [0.2, 0.25) is 0 Å². The molecule has 0 aliphatic carbocycles. The normalized spacial score (nSPS) is 11.0. The molecule has 4 aromatic rings. The molecule has 4 rings (SSSR count). The van der Waals surface area contributed by atoms with Crippen LogP contribution < -0.4 is 5.32 Å². The van der Waals surface area contributed by atoms with Gasteiger partial charge in [0, 0.05) is 11.8 Å². The summed E-state index contributed by atoms with van der Waals surface area (Å²) in [6, 6.07) is 19.3. The molecule has 5 heteroatoms. The molecule has 0 saturated carbocycles. The molecule has 0 fully saturated rings. The van der Waals surface area contributed by atoms with Crippen molar-refractivity contribution in [2.75, 3.05) is 0 Å². The van der Waals surface area contributed by atoms with Crippen molar-refractivity contribution in [3.63, 3.8) is 0 Å². The molecule has 0 saturated heterocycles. The van der Waals surface area contributed by atoms with Gasteiger partial charge in [-0.25, -0.2) is 0 Å². The van der Waals surface area contributed by atoms with E-state index < -0.39 is 0 Å². The Labute approximate surface area is 132 Å². The molecule has 2 aromatic carbocycles. The fourth-order valence-corrected chi connectivity index (χ4v) is 2.69. The minimum Gasteiger partial charge on any atom is -0.345 e. The van der Waals surface area contributed by atoms with E-state index in [0.29, 0.717) is 17.9 Å². The van der Waals surface area contributed by atoms with Crippen molar-refractivity contribution in [1.82, 2.24) is 19.9 Å². The highest BCUT2D eigenvalue weighted by Gasteiger charge is 2.11. The molecule has 5 nitrogen and oxygen atoms in total. The number of nitrogens with zero attached hydrogens (tertiary/aromatic N) is 3. The summed E-state index contributed by atoms with van der Waals surface area (Å²) >= 11 is 0. The van der Waals surface area contributed by atoms with Gasteiger partial charge in [0.15, 0.2) is 11.5 Å². The van der Waals surface area contributed by atoms with E-state index in [1.54, 1.807) is 0 Å². The predicted octanol–water partition coefficient (Wildman–Crippen LogP) is 2.81. The molecule has 0 radical (unpaired) electrons. The van der Waals surface area contributed by atoms with Crippen molar-refractivity contribution in [1.29, 1.82) is 0 Å². The van der Waals surface area contributed by atoms with Crippen LogP contribution in [0.25, 0.3) is 16.4 Å². The molecule has 2 heterocycles. The first-order valence-electron chi connectivity index (χ1n) is 7.37. The first-order valence-corrected chi connectivity index (χ1v) is 7.37. The zero-order valence-corrected chi connectivity index (χ0v) is 12.3. The maximum absolute atomic E-state index is 12.5. The largest absolute Gasteiger partial charge is 0.345 e. The van der Waals surface area contributed by atoms with Gasteiger partial charge in [0.25, 0.3) is 5.91 Å². The van der Waals surface area contributed by atoms with Crippen LogP contribution in [0.1, 0.15) is 16.2 Å². The zero-order valence-electron chi connectivity index (χ0n) is 12.3. The van der Waals surface area contributed by atoms with Gasteiger partial charge in [0.2, 0.25) is 0 Å². The monoisotopic (exact) mass is 302 g/mol. The Bertz CT molecular complexity index is 1000. The molecule has 2 aromatic heterocycles. The highest BCUT2D eigenvalue weighted by atomic mass is 16.1. The first kappa shape index (κ1) is 13.5. The molecule has 0 aliphatic rings. The second-order valence-corrected chi connectivity index (χ2v) is 5.25. The lowest BCUT2D eigenvalue weighted by molar-refractivity contribution is 0.0951. The fraction of sp³-hybridized carbons (Fsp3) is 0.0556. The van der Waals surface area contributed by atoms with E-state index in [4.69, 9.17) is 0 Å². The van der Waals surface area contributed by atoms with E-state index >= 15 is 0 Å². The molecule has 112 valence electrons. The summed E-state index contributed by atoms with van der Waals surface area (Å²) < 4.78 is 1.86. The molecule has 0 aliphatic heterocycles. The summed E-state index contributed by atoms with van der Waals surface area (Å²) in [5, 5.41) is 13.1. The number of aromatic nitrogens is 3. The molecular weight excluding hydrogens is 288 g/mol. The number of nitrogens with one attached hydrogen (secondary N) is 1. The summed E-state index contributed by atoms with van der Waals surface area (Å²) in [6.07, 6.45) is 1.88.